The van der Waals surface area contributed by atoms with Gasteiger partial charge < -0.3 is 20.4 Å². The van der Waals surface area contributed by atoms with Crippen LogP contribution < -0.4 is 5.32 Å². The van der Waals surface area contributed by atoms with Crippen LogP contribution in [0.3, 0.4) is 0 Å². The fourth-order valence-electron chi connectivity index (χ4n) is 3.28. The Kier molecular flexibility index (Phi) is 5.62. The number of carboxylic acid groups (broad SMARTS) is 1. The van der Waals surface area contributed by atoms with Crippen molar-refractivity contribution in [1.29, 1.82) is 0 Å². The van der Waals surface area contributed by atoms with Crippen molar-refractivity contribution in [2.24, 2.45) is 0 Å². The van der Waals surface area contributed by atoms with Crippen LogP contribution in [0.2, 0.25) is 0 Å². The molecule has 1 aliphatic rings. The highest BCUT2D eigenvalue weighted by molar-refractivity contribution is 5.81. The van der Waals surface area contributed by atoms with Crippen molar-refractivity contribution >= 4 is 17.7 Å². The third-order valence-corrected chi connectivity index (χ3v) is 4.55. The van der Waals surface area contributed by atoms with Crippen molar-refractivity contribution in [3.8, 4) is 5.75 Å². The van der Waals surface area contributed by atoms with E-state index in [1.54, 1.807) is 12.1 Å². The maximum atomic E-state index is 13.0. The maximum Gasteiger partial charge on any atom is 0.433 e. The largest absolute Gasteiger partial charge is 0.508 e. The minimum absolute atomic E-state index is 0.0101. The number of alkyl halides is 3. The molecule has 1 amide bonds. The number of carbonyl (C=O) groups is 2. The Morgan fingerprint density at radius 2 is 2.00 bits per heavy atom. The lowest BCUT2D eigenvalue weighted by atomic mass is 10.0. The van der Waals surface area contributed by atoms with Gasteiger partial charge in [0.2, 0.25) is 5.91 Å². The third-order valence-electron chi connectivity index (χ3n) is 4.55. The summed E-state index contributed by atoms with van der Waals surface area (Å²) in [6.45, 7) is 0.205. The molecule has 1 atom stereocenters. The number of aliphatic carboxylic acids is 1. The molecule has 2 aromatic rings. The number of carboxylic acids is 1. The topological polar surface area (TPSA) is 103 Å². The number of halogens is 3. The van der Waals surface area contributed by atoms with E-state index in [0.717, 1.165) is 12.1 Å². The SMILES string of the molecule is O=C(O)C[C@@H]1c2ccc(C(F)(F)F)nc2NCCN1C(=O)Cc1cccc(O)c1. The zero-order chi connectivity index (χ0) is 21.2. The number of carbonyl (C=O) groups excluding carboxylic acids is 1. The number of anilines is 1. The Morgan fingerprint density at radius 1 is 1.24 bits per heavy atom. The molecule has 0 radical (unpaired) electrons. The van der Waals surface area contributed by atoms with Gasteiger partial charge in [-0.25, -0.2) is 4.98 Å². The first-order valence-corrected chi connectivity index (χ1v) is 8.76. The maximum absolute atomic E-state index is 13.0. The second-order valence-electron chi connectivity index (χ2n) is 6.61. The molecular formula is C19H18F3N3O4. The molecule has 0 bridgehead atoms. The van der Waals surface area contributed by atoms with Gasteiger partial charge in [0.15, 0.2) is 0 Å². The molecule has 7 nitrogen and oxygen atoms in total. The lowest BCUT2D eigenvalue weighted by Crippen LogP contribution is -2.38. The van der Waals surface area contributed by atoms with Gasteiger partial charge in [-0.05, 0) is 23.8 Å². The van der Waals surface area contributed by atoms with Crippen LogP contribution in [-0.4, -0.2) is 45.1 Å². The number of aromatic nitrogens is 1. The average molecular weight is 409 g/mol. The van der Waals surface area contributed by atoms with E-state index in [9.17, 15) is 33.0 Å². The zero-order valence-corrected chi connectivity index (χ0v) is 15.1. The monoisotopic (exact) mass is 409 g/mol. The molecule has 0 spiro atoms. The molecule has 0 fully saturated rings. The molecule has 0 aliphatic carbocycles. The predicted octanol–water partition coefficient (Wildman–Crippen LogP) is 2.82. The highest BCUT2D eigenvalue weighted by Gasteiger charge is 2.36. The van der Waals surface area contributed by atoms with Crippen LogP contribution in [0.4, 0.5) is 19.0 Å². The number of benzene rings is 1. The molecule has 1 aromatic heterocycles. The van der Waals surface area contributed by atoms with Crippen molar-refractivity contribution in [3.63, 3.8) is 0 Å². The summed E-state index contributed by atoms with van der Waals surface area (Å²) in [4.78, 5) is 29.2. The summed E-state index contributed by atoms with van der Waals surface area (Å²) in [5, 5.41) is 21.6. The van der Waals surface area contributed by atoms with Crippen molar-refractivity contribution in [2.45, 2.75) is 25.1 Å². The summed E-state index contributed by atoms with van der Waals surface area (Å²) >= 11 is 0. The van der Waals surface area contributed by atoms with E-state index < -0.39 is 36.2 Å². The Bertz CT molecular complexity index is 933. The fraction of sp³-hybridized carbons (Fsp3) is 0.316. The number of fused-ring (bicyclic) bond motifs is 1. The normalized spacial score (nSPS) is 16.5. The van der Waals surface area contributed by atoms with Crippen LogP contribution >= 0.6 is 0 Å². The second-order valence-corrected chi connectivity index (χ2v) is 6.61. The lowest BCUT2D eigenvalue weighted by Gasteiger charge is -2.29. The van der Waals surface area contributed by atoms with E-state index in [2.05, 4.69) is 10.3 Å². The van der Waals surface area contributed by atoms with Crippen molar-refractivity contribution in [3.05, 3.63) is 53.2 Å². The van der Waals surface area contributed by atoms with E-state index >= 15 is 0 Å². The van der Waals surface area contributed by atoms with E-state index in [0.29, 0.717) is 5.56 Å². The minimum Gasteiger partial charge on any atom is -0.508 e. The molecule has 2 heterocycles. The quantitative estimate of drug-likeness (QED) is 0.718. The van der Waals surface area contributed by atoms with Crippen LogP contribution in [0.1, 0.15) is 29.3 Å². The summed E-state index contributed by atoms with van der Waals surface area (Å²) in [5.74, 6) is -1.70. The van der Waals surface area contributed by atoms with Gasteiger partial charge in [0.1, 0.15) is 17.3 Å². The van der Waals surface area contributed by atoms with E-state index in [1.165, 1.54) is 17.0 Å². The lowest BCUT2D eigenvalue weighted by molar-refractivity contribution is -0.142. The van der Waals surface area contributed by atoms with Crippen molar-refractivity contribution in [2.75, 3.05) is 18.4 Å². The number of amides is 1. The Hall–Kier alpha value is -3.30. The van der Waals surface area contributed by atoms with Crippen molar-refractivity contribution in [1.82, 2.24) is 9.88 Å². The van der Waals surface area contributed by atoms with Crippen LogP contribution in [-0.2, 0) is 22.2 Å². The number of hydrogen-bond acceptors (Lipinski definition) is 5. The van der Waals surface area contributed by atoms with Gasteiger partial charge in [0, 0.05) is 18.7 Å². The van der Waals surface area contributed by atoms with E-state index in [-0.39, 0.29) is 36.6 Å². The third kappa shape index (κ3) is 4.76. The number of phenolic OH excluding ortho intramolecular Hbond substituents is 1. The average Bonchev–Trinajstić information content (AvgIpc) is 2.80. The minimum atomic E-state index is -4.64. The molecular weight excluding hydrogens is 391 g/mol. The summed E-state index contributed by atoms with van der Waals surface area (Å²) in [7, 11) is 0. The first kappa shape index (κ1) is 20.4. The molecule has 0 unspecified atom stereocenters. The molecule has 29 heavy (non-hydrogen) atoms. The molecule has 3 rings (SSSR count). The summed E-state index contributed by atoms with van der Waals surface area (Å²) < 4.78 is 38.9. The van der Waals surface area contributed by atoms with Crippen molar-refractivity contribution < 1.29 is 33.0 Å². The number of nitrogens with one attached hydrogen (secondary N) is 1. The fourth-order valence-corrected chi connectivity index (χ4v) is 3.28. The summed E-state index contributed by atoms with van der Waals surface area (Å²) in [6.07, 6.45) is -5.21. The standard InChI is InChI=1S/C19H18F3N3O4/c20-19(21,22)15-5-4-13-14(10-17(28)29)25(7-6-23-18(13)24-15)16(27)9-11-2-1-3-12(26)8-11/h1-5,8,14,26H,6-7,9-10H2,(H,23,24)(H,28,29)/t14-/m1/s1. The van der Waals surface area contributed by atoms with Gasteiger partial charge in [-0.15, -0.1) is 0 Å². The van der Waals surface area contributed by atoms with Gasteiger partial charge in [-0.1, -0.05) is 18.2 Å². The second kappa shape index (κ2) is 7.98. The van der Waals surface area contributed by atoms with Gasteiger partial charge in [0.05, 0.1) is 18.9 Å². The first-order valence-electron chi connectivity index (χ1n) is 8.76. The van der Waals surface area contributed by atoms with E-state index in [1.807, 2.05) is 0 Å². The number of pyridine rings is 1. The first-order chi connectivity index (χ1) is 13.6. The Morgan fingerprint density at radius 3 is 2.66 bits per heavy atom. The van der Waals surface area contributed by atoms with Crippen LogP contribution in [0.5, 0.6) is 5.75 Å². The smallest absolute Gasteiger partial charge is 0.433 e. The number of hydrogen-bond donors (Lipinski definition) is 3. The zero-order valence-electron chi connectivity index (χ0n) is 15.1. The highest BCUT2D eigenvalue weighted by atomic mass is 19.4. The molecule has 154 valence electrons. The van der Waals surface area contributed by atoms with Crippen LogP contribution in [0, 0.1) is 0 Å². The number of nitrogens with zero attached hydrogens (tertiary/aromatic N) is 2. The van der Waals surface area contributed by atoms with Gasteiger partial charge in [0.25, 0.3) is 0 Å². The highest BCUT2D eigenvalue weighted by Crippen LogP contribution is 2.35. The van der Waals surface area contributed by atoms with E-state index in [4.69, 9.17) is 0 Å². The summed E-state index contributed by atoms with van der Waals surface area (Å²) in [6, 6.07) is 7.06. The van der Waals surface area contributed by atoms with Crippen LogP contribution in [0.25, 0.3) is 0 Å². The number of phenols is 1. The molecule has 10 heteroatoms. The summed E-state index contributed by atoms with van der Waals surface area (Å²) in [5.41, 5.74) is -0.355. The molecule has 0 saturated heterocycles. The molecule has 3 N–H and O–H groups in total. The molecule has 1 aromatic carbocycles. The molecule has 1 aliphatic heterocycles. The Labute approximate surface area is 163 Å². The van der Waals surface area contributed by atoms with Crippen LogP contribution in [0.15, 0.2) is 36.4 Å². The Balaban J connectivity index is 1.95. The molecule has 0 saturated carbocycles. The van der Waals surface area contributed by atoms with Gasteiger partial charge in [-0.2, -0.15) is 13.2 Å². The number of rotatable bonds is 4. The number of aromatic hydroxyl groups is 1. The predicted molar refractivity (Wildman–Crippen MR) is 96.2 cm³/mol. The van der Waals surface area contributed by atoms with Gasteiger partial charge in [-0.3, -0.25) is 9.59 Å². The van der Waals surface area contributed by atoms with Gasteiger partial charge >= 0.3 is 12.1 Å².